The topological polar surface area (TPSA) is 64.6 Å². The van der Waals surface area contributed by atoms with Crippen LogP contribution in [0.15, 0.2) is 42.5 Å². The fourth-order valence-corrected chi connectivity index (χ4v) is 1.99. The molecule has 0 saturated carbocycles. The number of carbonyl (C=O) groups excluding carboxylic acids is 2. The minimum Gasteiger partial charge on any atom is -0.482 e. The normalized spacial score (nSPS) is 10.2. The molecule has 2 aromatic rings. The van der Waals surface area contributed by atoms with Crippen molar-refractivity contribution in [3.05, 3.63) is 65.0 Å². The lowest BCUT2D eigenvalue weighted by molar-refractivity contribution is -0.150. The van der Waals surface area contributed by atoms with Crippen LogP contribution in [0.25, 0.3) is 0 Å². The molecule has 0 atom stereocenters. The molecule has 0 fully saturated rings. The molecule has 2 rings (SSSR count). The van der Waals surface area contributed by atoms with Gasteiger partial charge in [0, 0.05) is 6.54 Å². The average molecular weight is 345 g/mol. The highest BCUT2D eigenvalue weighted by Gasteiger charge is 2.09. The lowest BCUT2D eigenvalue weighted by Crippen LogP contribution is -2.29. The summed E-state index contributed by atoms with van der Waals surface area (Å²) in [6.07, 6.45) is 0. The first-order valence-corrected chi connectivity index (χ1v) is 7.81. The van der Waals surface area contributed by atoms with E-state index in [1.807, 2.05) is 26.0 Å². The molecule has 1 amide bonds. The summed E-state index contributed by atoms with van der Waals surface area (Å²) in [5.74, 6) is -0.840. The van der Waals surface area contributed by atoms with Gasteiger partial charge in [-0.3, -0.25) is 4.79 Å². The number of amides is 1. The minimum absolute atomic E-state index is 0.232. The lowest BCUT2D eigenvalue weighted by atomic mass is 10.1. The molecule has 0 aromatic heterocycles. The van der Waals surface area contributed by atoms with Gasteiger partial charge in [-0.25, -0.2) is 9.18 Å². The first-order valence-electron chi connectivity index (χ1n) is 7.81. The molecule has 0 radical (unpaired) electrons. The summed E-state index contributed by atoms with van der Waals surface area (Å²) in [7, 11) is 0. The van der Waals surface area contributed by atoms with Crippen molar-refractivity contribution in [1.29, 1.82) is 0 Å². The molecule has 0 saturated heterocycles. The Morgan fingerprint density at radius 3 is 2.40 bits per heavy atom. The van der Waals surface area contributed by atoms with Crippen LogP contribution in [-0.2, 0) is 20.9 Å². The number of halogens is 1. The quantitative estimate of drug-likeness (QED) is 0.784. The number of hydrogen-bond acceptors (Lipinski definition) is 4. The van der Waals surface area contributed by atoms with Crippen LogP contribution in [0.5, 0.6) is 5.75 Å². The Balaban J connectivity index is 1.67. The van der Waals surface area contributed by atoms with Gasteiger partial charge in [0.25, 0.3) is 5.91 Å². The van der Waals surface area contributed by atoms with Crippen LogP contribution in [0, 0.1) is 19.7 Å². The smallest absolute Gasteiger partial charge is 0.344 e. The Morgan fingerprint density at radius 2 is 1.72 bits per heavy atom. The molecule has 132 valence electrons. The number of esters is 1. The second-order valence-electron chi connectivity index (χ2n) is 5.60. The van der Waals surface area contributed by atoms with Crippen molar-refractivity contribution in [2.45, 2.75) is 20.4 Å². The van der Waals surface area contributed by atoms with Crippen molar-refractivity contribution < 1.29 is 23.5 Å². The molecule has 6 heteroatoms. The van der Waals surface area contributed by atoms with Crippen LogP contribution in [0.4, 0.5) is 4.39 Å². The zero-order valence-electron chi connectivity index (χ0n) is 14.2. The van der Waals surface area contributed by atoms with Crippen molar-refractivity contribution >= 4 is 11.9 Å². The van der Waals surface area contributed by atoms with E-state index in [0.717, 1.165) is 16.7 Å². The molecular weight excluding hydrogens is 325 g/mol. The number of aryl methyl sites for hydroxylation is 2. The number of hydrogen-bond donors (Lipinski definition) is 1. The summed E-state index contributed by atoms with van der Waals surface area (Å²) >= 11 is 0. The Hall–Kier alpha value is -2.89. The Morgan fingerprint density at radius 1 is 1.00 bits per heavy atom. The zero-order valence-corrected chi connectivity index (χ0v) is 14.2. The lowest BCUT2D eigenvalue weighted by Gasteiger charge is -2.09. The van der Waals surface area contributed by atoms with Crippen molar-refractivity contribution in [2.75, 3.05) is 13.2 Å². The molecule has 1 N–H and O–H groups in total. The van der Waals surface area contributed by atoms with E-state index < -0.39 is 18.5 Å². The Bertz CT molecular complexity index is 744. The second-order valence-corrected chi connectivity index (χ2v) is 5.60. The van der Waals surface area contributed by atoms with E-state index in [0.29, 0.717) is 5.75 Å². The van der Waals surface area contributed by atoms with Gasteiger partial charge in [0.15, 0.2) is 13.2 Å². The predicted molar refractivity (Wildman–Crippen MR) is 90.6 cm³/mol. The van der Waals surface area contributed by atoms with Gasteiger partial charge in [-0.1, -0.05) is 18.2 Å². The highest BCUT2D eigenvalue weighted by molar-refractivity contribution is 5.80. The third-order valence-electron chi connectivity index (χ3n) is 3.60. The largest absolute Gasteiger partial charge is 0.482 e. The van der Waals surface area contributed by atoms with Gasteiger partial charge in [-0.05, 0) is 54.8 Å². The molecule has 0 spiro atoms. The number of benzene rings is 2. The Labute approximate surface area is 145 Å². The molecule has 0 aliphatic heterocycles. The molecule has 0 aliphatic rings. The summed E-state index contributed by atoms with van der Waals surface area (Å²) in [4.78, 5) is 23.3. The Kier molecular flexibility index (Phi) is 6.51. The molecule has 0 unspecified atom stereocenters. The maximum Gasteiger partial charge on any atom is 0.344 e. The van der Waals surface area contributed by atoms with Crippen molar-refractivity contribution in [2.24, 2.45) is 0 Å². The summed E-state index contributed by atoms with van der Waals surface area (Å²) in [5.41, 5.74) is 2.94. The monoisotopic (exact) mass is 345 g/mol. The van der Waals surface area contributed by atoms with Crippen LogP contribution < -0.4 is 10.1 Å². The first-order chi connectivity index (χ1) is 11.9. The standard InChI is InChI=1S/C19H20FNO4/c1-13-3-8-17(9-14(13)2)24-12-19(23)25-11-18(22)21-10-15-4-6-16(20)7-5-15/h3-9H,10-12H2,1-2H3,(H,21,22). The minimum atomic E-state index is -0.629. The van der Waals surface area contributed by atoms with E-state index in [1.54, 1.807) is 18.2 Å². The second kappa shape index (κ2) is 8.82. The van der Waals surface area contributed by atoms with Crippen molar-refractivity contribution in [3.8, 4) is 5.75 Å². The van der Waals surface area contributed by atoms with Crippen LogP contribution >= 0.6 is 0 Å². The highest BCUT2D eigenvalue weighted by Crippen LogP contribution is 2.16. The highest BCUT2D eigenvalue weighted by atomic mass is 19.1. The molecule has 0 bridgehead atoms. The molecule has 2 aromatic carbocycles. The fraction of sp³-hybridized carbons (Fsp3) is 0.263. The number of ether oxygens (including phenoxy) is 2. The maximum absolute atomic E-state index is 12.8. The summed E-state index contributed by atoms with van der Waals surface area (Å²) in [5, 5.41) is 2.58. The zero-order chi connectivity index (χ0) is 18.2. The van der Waals surface area contributed by atoms with Gasteiger partial charge in [-0.15, -0.1) is 0 Å². The summed E-state index contributed by atoms with van der Waals surface area (Å²) in [6, 6.07) is 11.3. The van der Waals surface area contributed by atoms with Gasteiger partial charge in [-0.2, -0.15) is 0 Å². The molecule has 25 heavy (non-hydrogen) atoms. The molecular formula is C19H20FNO4. The summed E-state index contributed by atoms with van der Waals surface area (Å²) < 4.78 is 23.0. The predicted octanol–water partition coefficient (Wildman–Crippen LogP) is 2.68. The molecule has 0 heterocycles. The van der Waals surface area contributed by atoms with Gasteiger partial charge in [0.05, 0.1) is 0 Å². The first kappa shape index (κ1) is 18.4. The third kappa shape index (κ3) is 6.25. The SMILES string of the molecule is Cc1ccc(OCC(=O)OCC(=O)NCc2ccc(F)cc2)cc1C. The fourth-order valence-electron chi connectivity index (χ4n) is 1.99. The maximum atomic E-state index is 12.8. The van der Waals surface area contributed by atoms with Crippen LogP contribution in [-0.4, -0.2) is 25.1 Å². The molecule has 0 aliphatic carbocycles. The van der Waals surface area contributed by atoms with E-state index in [-0.39, 0.29) is 19.0 Å². The van der Waals surface area contributed by atoms with E-state index >= 15 is 0 Å². The van der Waals surface area contributed by atoms with Gasteiger partial charge in [0.1, 0.15) is 11.6 Å². The van der Waals surface area contributed by atoms with E-state index in [1.165, 1.54) is 12.1 Å². The van der Waals surface area contributed by atoms with Crippen LogP contribution in [0.3, 0.4) is 0 Å². The number of nitrogens with one attached hydrogen (secondary N) is 1. The van der Waals surface area contributed by atoms with Crippen molar-refractivity contribution in [3.63, 3.8) is 0 Å². The molecule has 5 nitrogen and oxygen atoms in total. The number of carbonyl (C=O) groups is 2. The van der Waals surface area contributed by atoms with Crippen LogP contribution in [0.1, 0.15) is 16.7 Å². The van der Waals surface area contributed by atoms with Crippen molar-refractivity contribution in [1.82, 2.24) is 5.32 Å². The van der Waals surface area contributed by atoms with E-state index in [4.69, 9.17) is 9.47 Å². The van der Waals surface area contributed by atoms with Gasteiger partial charge < -0.3 is 14.8 Å². The average Bonchev–Trinajstić information content (AvgIpc) is 2.60. The van der Waals surface area contributed by atoms with Crippen LogP contribution in [0.2, 0.25) is 0 Å². The summed E-state index contributed by atoms with van der Waals surface area (Å²) in [6.45, 7) is 3.50. The van der Waals surface area contributed by atoms with Gasteiger partial charge in [0.2, 0.25) is 0 Å². The van der Waals surface area contributed by atoms with E-state index in [9.17, 15) is 14.0 Å². The third-order valence-corrected chi connectivity index (χ3v) is 3.60. The number of rotatable bonds is 7. The van der Waals surface area contributed by atoms with Gasteiger partial charge >= 0.3 is 5.97 Å². The van der Waals surface area contributed by atoms with E-state index in [2.05, 4.69) is 5.32 Å².